The SMILES string of the molecule is CC/C=C\C/C=C\C/C=C\C/C=C\C/C=C\CCCCCC(=O)OC(COC(=O)CCCCCCCCC)COC(=O)CCCCCCCCCCCCC/C=C\C/C=C\CCCCCCC. The standard InChI is InChI=1S/C61H104O6/c1-4-7-10-13-16-18-20-22-24-26-28-29-30-31-33-34-36-38-40-42-45-48-51-54-60(63)66-57-58(56-65-59(62)53-50-47-44-15-12-9-6-3)67-61(64)55-52-49-46-43-41-39-37-35-32-27-25-23-21-19-17-14-11-8-5-2/h8,11,17,19-20,22-23,25-26,28,32,35,39,41,58H,4-7,9-10,12-16,18,21,24,27,29-31,33-34,36-38,40,42-57H2,1-3H3/b11-8-,19-17-,22-20-,25-23-,28-26-,35-32-,41-39-. The van der Waals surface area contributed by atoms with Gasteiger partial charge in [0.25, 0.3) is 0 Å². The third kappa shape index (κ3) is 53.4. The van der Waals surface area contributed by atoms with E-state index in [9.17, 15) is 14.4 Å². The fourth-order valence-electron chi connectivity index (χ4n) is 7.68. The molecule has 0 aromatic carbocycles. The fraction of sp³-hybridized carbons (Fsp3) is 0.721. The molecule has 0 aliphatic rings. The summed E-state index contributed by atoms with van der Waals surface area (Å²) >= 11 is 0. The molecule has 6 heteroatoms. The lowest BCUT2D eigenvalue weighted by atomic mass is 10.0. The van der Waals surface area contributed by atoms with E-state index in [0.29, 0.717) is 12.8 Å². The van der Waals surface area contributed by atoms with Gasteiger partial charge in [-0.2, -0.15) is 0 Å². The summed E-state index contributed by atoms with van der Waals surface area (Å²) in [6.07, 6.45) is 71.7. The molecule has 0 amide bonds. The average molecular weight is 933 g/mol. The van der Waals surface area contributed by atoms with Crippen LogP contribution < -0.4 is 0 Å². The highest BCUT2D eigenvalue weighted by Crippen LogP contribution is 2.15. The summed E-state index contributed by atoms with van der Waals surface area (Å²) in [5.41, 5.74) is 0. The van der Waals surface area contributed by atoms with Crippen LogP contribution in [0.25, 0.3) is 0 Å². The summed E-state index contributed by atoms with van der Waals surface area (Å²) < 4.78 is 16.7. The monoisotopic (exact) mass is 933 g/mol. The van der Waals surface area contributed by atoms with Crippen molar-refractivity contribution in [1.29, 1.82) is 0 Å². The second kappa shape index (κ2) is 55.2. The summed E-state index contributed by atoms with van der Waals surface area (Å²) in [6, 6.07) is 0. The maximum Gasteiger partial charge on any atom is 0.306 e. The maximum atomic E-state index is 12.8. The first-order valence-corrected chi connectivity index (χ1v) is 28.1. The third-order valence-corrected chi connectivity index (χ3v) is 11.9. The van der Waals surface area contributed by atoms with Crippen molar-refractivity contribution in [2.24, 2.45) is 0 Å². The molecule has 0 aromatic rings. The number of rotatable bonds is 50. The topological polar surface area (TPSA) is 78.9 Å². The van der Waals surface area contributed by atoms with Gasteiger partial charge in [0.05, 0.1) is 0 Å². The van der Waals surface area contributed by atoms with Crippen molar-refractivity contribution in [3.05, 3.63) is 85.1 Å². The Bertz CT molecular complexity index is 1300. The van der Waals surface area contributed by atoms with Crippen molar-refractivity contribution in [1.82, 2.24) is 0 Å². The van der Waals surface area contributed by atoms with Gasteiger partial charge in [-0.05, 0) is 96.3 Å². The molecule has 0 saturated carbocycles. The van der Waals surface area contributed by atoms with Gasteiger partial charge in [-0.15, -0.1) is 0 Å². The number of hydrogen-bond acceptors (Lipinski definition) is 6. The number of allylic oxidation sites excluding steroid dienone is 14. The molecule has 1 unspecified atom stereocenters. The smallest absolute Gasteiger partial charge is 0.306 e. The van der Waals surface area contributed by atoms with Crippen LogP contribution in [0.1, 0.15) is 265 Å². The Morgan fingerprint density at radius 1 is 0.313 bits per heavy atom. The van der Waals surface area contributed by atoms with Crippen LogP contribution in [0.4, 0.5) is 0 Å². The highest BCUT2D eigenvalue weighted by molar-refractivity contribution is 5.71. The lowest BCUT2D eigenvalue weighted by Gasteiger charge is -2.18. The summed E-state index contributed by atoms with van der Waals surface area (Å²) in [4.78, 5) is 37.9. The van der Waals surface area contributed by atoms with E-state index in [1.165, 1.54) is 122 Å². The normalized spacial score (nSPS) is 12.7. The number of carbonyl (C=O) groups is 3. The highest BCUT2D eigenvalue weighted by Gasteiger charge is 2.19. The number of ether oxygens (including phenoxy) is 3. The van der Waals surface area contributed by atoms with E-state index in [1.54, 1.807) is 0 Å². The molecule has 67 heavy (non-hydrogen) atoms. The molecule has 0 aromatic heterocycles. The number of unbranched alkanes of at least 4 members (excludes halogenated alkanes) is 25. The van der Waals surface area contributed by atoms with Crippen molar-refractivity contribution in [3.8, 4) is 0 Å². The van der Waals surface area contributed by atoms with E-state index < -0.39 is 6.10 Å². The van der Waals surface area contributed by atoms with Crippen LogP contribution in [0, 0.1) is 0 Å². The lowest BCUT2D eigenvalue weighted by molar-refractivity contribution is -0.167. The van der Waals surface area contributed by atoms with Gasteiger partial charge in [-0.25, -0.2) is 0 Å². The number of hydrogen-bond donors (Lipinski definition) is 0. The van der Waals surface area contributed by atoms with E-state index in [1.807, 2.05) is 0 Å². The summed E-state index contributed by atoms with van der Waals surface area (Å²) in [5, 5.41) is 0. The zero-order valence-electron chi connectivity index (χ0n) is 43.9. The molecule has 0 heterocycles. The third-order valence-electron chi connectivity index (χ3n) is 11.9. The van der Waals surface area contributed by atoms with Crippen LogP contribution in [0.3, 0.4) is 0 Å². The minimum Gasteiger partial charge on any atom is -0.462 e. The van der Waals surface area contributed by atoms with Gasteiger partial charge in [-0.1, -0.05) is 234 Å². The van der Waals surface area contributed by atoms with Gasteiger partial charge in [0.1, 0.15) is 13.2 Å². The summed E-state index contributed by atoms with van der Waals surface area (Å²) in [5.74, 6) is -0.928. The first-order valence-electron chi connectivity index (χ1n) is 28.1. The van der Waals surface area contributed by atoms with Crippen molar-refractivity contribution in [3.63, 3.8) is 0 Å². The molecule has 0 fully saturated rings. The Morgan fingerprint density at radius 3 is 0.925 bits per heavy atom. The lowest BCUT2D eigenvalue weighted by Crippen LogP contribution is -2.30. The minimum atomic E-state index is -0.792. The van der Waals surface area contributed by atoms with Crippen LogP contribution in [-0.2, 0) is 28.6 Å². The Balaban J connectivity index is 4.25. The van der Waals surface area contributed by atoms with Crippen molar-refractivity contribution in [2.75, 3.05) is 13.2 Å². The second-order valence-corrected chi connectivity index (χ2v) is 18.5. The molecule has 1 atom stereocenters. The molecule has 0 N–H and O–H groups in total. The Hall–Kier alpha value is -3.41. The molecule has 0 bridgehead atoms. The van der Waals surface area contributed by atoms with E-state index in [0.717, 1.165) is 103 Å². The van der Waals surface area contributed by atoms with Crippen molar-refractivity contribution in [2.45, 2.75) is 271 Å². The van der Waals surface area contributed by atoms with Crippen LogP contribution in [-0.4, -0.2) is 37.2 Å². The van der Waals surface area contributed by atoms with Gasteiger partial charge < -0.3 is 14.2 Å². The van der Waals surface area contributed by atoms with E-state index >= 15 is 0 Å². The first-order chi connectivity index (χ1) is 33.0. The molecule has 0 aliphatic carbocycles. The van der Waals surface area contributed by atoms with E-state index in [2.05, 4.69) is 106 Å². The molecule has 0 spiro atoms. The zero-order chi connectivity index (χ0) is 48.6. The van der Waals surface area contributed by atoms with Crippen LogP contribution in [0.15, 0.2) is 85.1 Å². The molecule has 384 valence electrons. The molecular formula is C61H104O6. The van der Waals surface area contributed by atoms with Gasteiger partial charge in [0.15, 0.2) is 6.10 Å². The van der Waals surface area contributed by atoms with Crippen molar-refractivity contribution >= 4 is 17.9 Å². The second-order valence-electron chi connectivity index (χ2n) is 18.5. The van der Waals surface area contributed by atoms with Crippen LogP contribution >= 0.6 is 0 Å². The molecule has 0 aliphatic heterocycles. The molecule has 0 rings (SSSR count). The van der Waals surface area contributed by atoms with Crippen LogP contribution in [0.5, 0.6) is 0 Å². The van der Waals surface area contributed by atoms with Crippen LogP contribution in [0.2, 0.25) is 0 Å². The first kappa shape index (κ1) is 63.6. The fourth-order valence-corrected chi connectivity index (χ4v) is 7.68. The number of esters is 3. The Kier molecular flexibility index (Phi) is 52.4. The average Bonchev–Trinajstić information content (AvgIpc) is 3.33. The number of carbonyl (C=O) groups excluding carboxylic acids is 3. The molecule has 6 nitrogen and oxygen atoms in total. The van der Waals surface area contributed by atoms with Gasteiger partial charge in [-0.3, -0.25) is 14.4 Å². The summed E-state index contributed by atoms with van der Waals surface area (Å²) in [7, 11) is 0. The quantitative estimate of drug-likeness (QED) is 0.0262. The molecule has 0 saturated heterocycles. The van der Waals surface area contributed by atoms with Gasteiger partial charge in [0.2, 0.25) is 0 Å². The minimum absolute atomic E-state index is 0.0901. The Morgan fingerprint density at radius 2 is 0.582 bits per heavy atom. The molecular weight excluding hydrogens is 829 g/mol. The zero-order valence-corrected chi connectivity index (χ0v) is 43.9. The summed E-state index contributed by atoms with van der Waals surface area (Å²) in [6.45, 7) is 6.45. The predicted octanol–water partition coefficient (Wildman–Crippen LogP) is 18.8. The van der Waals surface area contributed by atoms with E-state index in [4.69, 9.17) is 14.2 Å². The maximum absolute atomic E-state index is 12.8. The Labute approximate surface area is 414 Å². The van der Waals surface area contributed by atoms with E-state index in [-0.39, 0.29) is 37.5 Å². The predicted molar refractivity (Wildman–Crippen MR) is 288 cm³/mol. The molecule has 0 radical (unpaired) electrons. The van der Waals surface area contributed by atoms with Crippen molar-refractivity contribution < 1.29 is 28.6 Å². The largest absolute Gasteiger partial charge is 0.462 e. The van der Waals surface area contributed by atoms with Gasteiger partial charge in [0, 0.05) is 19.3 Å². The highest BCUT2D eigenvalue weighted by atomic mass is 16.6. The van der Waals surface area contributed by atoms with Gasteiger partial charge >= 0.3 is 17.9 Å².